The van der Waals surface area contributed by atoms with Gasteiger partial charge >= 0.3 is 0 Å². The zero-order valence-corrected chi connectivity index (χ0v) is 13.0. The van der Waals surface area contributed by atoms with Crippen LogP contribution in [0.3, 0.4) is 0 Å². The lowest BCUT2D eigenvalue weighted by atomic mass is 10.0. The standard InChI is InChI=1S/C15H15BrFN3/c1-8(2)14-12-6-18-7-13(12)19-15(20-14)9-3-10(16)5-11(17)4-9/h3-5,8,18H,6-7H2,1-2H3. The minimum absolute atomic E-state index is 0.289. The number of benzene rings is 1. The number of nitrogens with one attached hydrogen (secondary N) is 1. The summed E-state index contributed by atoms with van der Waals surface area (Å²) in [5.74, 6) is 0.626. The van der Waals surface area contributed by atoms with Gasteiger partial charge in [-0.3, -0.25) is 0 Å². The number of nitrogens with zero attached hydrogens (tertiary/aromatic N) is 2. The molecular weight excluding hydrogens is 321 g/mol. The predicted molar refractivity (Wildman–Crippen MR) is 79.8 cm³/mol. The fourth-order valence-electron chi connectivity index (χ4n) is 2.48. The Morgan fingerprint density at radius 3 is 2.70 bits per heavy atom. The zero-order valence-electron chi connectivity index (χ0n) is 11.4. The molecule has 3 nitrogen and oxygen atoms in total. The summed E-state index contributed by atoms with van der Waals surface area (Å²) in [6.07, 6.45) is 0. The van der Waals surface area contributed by atoms with E-state index in [0.717, 1.165) is 24.5 Å². The van der Waals surface area contributed by atoms with Gasteiger partial charge in [0.1, 0.15) is 5.82 Å². The maximum Gasteiger partial charge on any atom is 0.159 e. The van der Waals surface area contributed by atoms with Gasteiger partial charge in [-0.1, -0.05) is 29.8 Å². The van der Waals surface area contributed by atoms with E-state index in [1.807, 2.05) is 6.07 Å². The Bertz CT molecular complexity index is 650. The monoisotopic (exact) mass is 335 g/mol. The third-order valence-electron chi connectivity index (χ3n) is 3.39. The molecule has 1 N–H and O–H groups in total. The largest absolute Gasteiger partial charge is 0.307 e. The lowest BCUT2D eigenvalue weighted by Crippen LogP contribution is -2.05. The Morgan fingerprint density at radius 2 is 2.00 bits per heavy atom. The van der Waals surface area contributed by atoms with Crippen molar-refractivity contribution in [2.45, 2.75) is 32.9 Å². The summed E-state index contributed by atoms with van der Waals surface area (Å²) in [6.45, 7) is 5.80. The summed E-state index contributed by atoms with van der Waals surface area (Å²) in [5.41, 5.74) is 3.97. The van der Waals surface area contributed by atoms with Crippen LogP contribution in [0.25, 0.3) is 11.4 Å². The van der Waals surface area contributed by atoms with Crippen LogP contribution in [0.5, 0.6) is 0 Å². The molecule has 0 unspecified atom stereocenters. The molecule has 2 heterocycles. The molecule has 0 fully saturated rings. The van der Waals surface area contributed by atoms with Gasteiger partial charge in [0.2, 0.25) is 0 Å². The van der Waals surface area contributed by atoms with Gasteiger partial charge in [0.15, 0.2) is 5.82 Å². The highest BCUT2D eigenvalue weighted by Crippen LogP contribution is 2.28. The number of aromatic nitrogens is 2. The molecule has 5 heteroatoms. The number of hydrogen-bond donors (Lipinski definition) is 1. The zero-order chi connectivity index (χ0) is 14.3. The Labute approximate surface area is 125 Å². The smallest absolute Gasteiger partial charge is 0.159 e. The third-order valence-corrected chi connectivity index (χ3v) is 3.84. The molecule has 0 radical (unpaired) electrons. The van der Waals surface area contributed by atoms with E-state index in [0.29, 0.717) is 21.8 Å². The van der Waals surface area contributed by atoms with Crippen molar-refractivity contribution >= 4 is 15.9 Å². The number of halogens is 2. The average molecular weight is 336 g/mol. The normalized spacial score (nSPS) is 13.8. The first-order chi connectivity index (χ1) is 9.54. The average Bonchev–Trinajstić information content (AvgIpc) is 2.84. The van der Waals surface area contributed by atoms with Crippen LogP contribution in [0, 0.1) is 5.82 Å². The number of hydrogen-bond acceptors (Lipinski definition) is 3. The summed E-state index contributed by atoms with van der Waals surface area (Å²) in [7, 11) is 0. The fraction of sp³-hybridized carbons (Fsp3) is 0.333. The summed E-state index contributed by atoms with van der Waals surface area (Å²) >= 11 is 3.31. The number of rotatable bonds is 2. The molecule has 104 valence electrons. The van der Waals surface area contributed by atoms with E-state index in [1.54, 1.807) is 0 Å². The van der Waals surface area contributed by atoms with Crippen LogP contribution in [-0.2, 0) is 13.1 Å². The van der Waals surface area contributed by atoms with Crippen LogP contribution < -0.4 is 5.32 Å². The van der Waals surface area contributed by atoms with Gasteiger partial charge in [0.05, 0.1) is 11.4 Å². The summed E-state index contributed by atoms with van der Waals surface area (Å²) in [4.78, 5) is 9.25. The molecule has 1 aromatic heterocycles. The van der Waals surface area contributed by atoms with Crippen LogP contribution in [0.2, 0.25) is 0 Å². The molecule has 1 aliphatic heterocycles. The Morgan fingerprint density at radius 1 is 1.20 bits per heavy atom. The summed E-state index contributed by atoms with van der Waals surface area (Å²) < 4.78 is 14.2. The molecular formula is C15H15BrFN3. The lowest BCUT2D eigenvalue weighted by molar-refractivity contribution is 0.627. The van der Waals surface area contributed by atoms with E-state index < -0.39 is 0 Å². The Kier molecular flexibility index (Phi) is 3.56. The van der Waals surface area contributed by atoms with Crippen molar-refractivity contribution in [3.63, 3.8) is 0 Å². The van der Waals surface area contributed by atoms with Crippen LogP contribution >= 0.6 is 15.9 Å². The first kappa shape index (κ1) is 13.6. The lowest BCUT2D eigenvalue weighted by Gasteiger charge is -2.12. The minimum Gasteiger partial charge on any atom is -0.307 e. The molecule has 0 atom stereocenters. The molecule has 0 saturated heterocycles. The minimum atomic E-state index is -0.289. The van der Waals surface area contributed by atoms with Gasteiger partial charge in [0.25, 0.3) is 0 Å². The second-order valence-corrected chi connectivity index (χ2v) is 6.19. The first-order valence-electron chi connectivity index (χ1n) is 6.61. The maximum atomic E-state index is 13.5. The summed E-state index contributed by atoms with van der Waals surface area (Å²) in [6, 6.07) is 4.75. The van der Waals surface area contributed by atoms with Gasteiger partial charge in [0, 0.05) is 28.7 Å². The van der Waals surface area contributed by atoms with Crippen molar-refractivity contribution in [2.24, 2.45) is 0 Å². The molecule has 0 amide bonds. The third kappa shape index (κ3) is 2.47. The molecule has 2 aromatic rings. The van der Waals surface area contributed by atoms with E-state index in [-0.39, 0.29) is 5.82 Å². The van der Waals surface area contributed by atoms with Crippen LogP contribution in [0.4, 0.5) is 4.39 Å². The van der Waals surface area contributed by atoms with Crippen LogP contribution in [0.15, 0.2) is 22.7 Å². The van der Waals surface area contributed by atoms with Crippen molar-refractivity contribution in [3.05, 3.63) is 45.4 Å². The fourth-order valence-corrected chi connectivity index (χ4v) is 2.95. The highest BCUT2D eigenvalue weighted by molar-refractivity contribution is 9.10. The van der Waals surface area contributed by atoms with Gasteiger partial charge in [-0.2, -0.15) is 0 Å². The van der Waals surface area contributed by atoms with Crippen molar-refractivity contribution in [2.75, 3.05) is 0 Å². The SMILES string of the molecule is CC(C)c1nc(-c2cc(F)cc(Br)c2)nc2c1CNC2. The van der Waals surface area contributed by atoms with E-state index in [2.05, 4.69) is 45.1 Å². The second kappa shape index (κ2) is 5.22. The summed E-state index contributed by atoms with van der Waals surface area (Å²) in [5, 5.41) is 3.30. The number of fused-ring (bicyclic) bond motifs is 1. The second-order valence-electron chi connectivity index (χ2n) is 5.27. The predicted octanol–water partition coefficient (Wildman–Crippen LogP) is 3.77. The first-order valence-corrected chi connectivity index (χ1v) is 7.41. The molecule has 3 rings (SSSR count). The topological polar surface area (TPSA) is 37.8 Å². The van der Waals surface area contributed by atoms with Crippen molar-refractivity contribution < 1.29 is 4.39 Å². The van der Waals surface area contributed by atoms with E-state index in [1.165, 1.54) is 17.7 Å². The van der Waals surface area contributed by atoms with E-state index in [4.69, 9.17) is 0 Å². The highest BCUT2D eigenvalue weighted by atomic mass is 79.9. The molecule has 0 spiro atoms. The molecule has 1 aromatic carbocycles. The molecule has 0 saturated carbocycles. The quantitative estimate of drug-likeness (QED) is 0.907. The Hall–Kier alpha value is -1.33. The highest BCUT2D eigenvalue weighted by Gasteiger charge is 2.21. The maximum absolute atomic E-state index is 13.5. The molecule has 20 heavy (non-hydrogen) atoms. The molecule has 1 aliphatic rings. The van der Waals surface area contributed by atoms with Gasteiger partial charge in [-0.25, -0.2) is 14.4 Å². The van der Waals surface area contributed by atoms with Gasteiger partial charge < -0.3 is 5.32 Å². The molecule has 0 aliphatic carbocycles. The van der Waals surface area contributed by atoms with Crippen LogP contribution in [-0.4, -0.2) is 9.97 Å². The molecule has 0 bridgehead atoms. The van der Waals surface area contributed by atoms with Crippen molar-refractivity contribution in [1.82, 2.24) is 15.3 Å². The van der Waals surface area contributed by atoms with E-state index >= 15 is 0 Å². The van der Waals surface area contributed by atoms with Gasteiger partial charge in [-0.05, 0) is 24.1 Å². The van der Waals surface area contributed by atoms with Crippen LogP contribution in [0.1, 0.15) is 36.7 Å². The van der Waals surface area contributed by atoms with E-state index in [9.17, 15) is 4.39 Å². The van der Waals surface area contributed by atoms with Crippen molar-refractivity contribution in [3.8, 4) is 11.4 Å². The van der Waals surface area contributed by atoms with Crippen molar-refractivity contribution in [1.29, 1.82) is 0 Å². The van der Waals surface area contributed by atoms with Gasteiger partial charge in [-0.15, -0.1) is 0 Å². The Balaban J connectivity index is 2.17.